The predicted octanol–water partition coefficient (Wildman–Crippen LogP) is 2.49. The Hall–Kier alpha value is -1.39. The number of aliphatic carboxylic acids is 1. The van der Waals surface area contributed by atoms with Gasteiger partial charge in [-0.3, -0.25) is 10.2 Å². The lowest BCUT2D eigenvalue weighted by Gasteiger charge is -2.33. The van der Waals surface area contributed by atoms with Gasteiger partial charge in [0.15, 0.2) is 0 Å². The smallest absolute Gasteiger partial charge is 0.303 e. The van der Waals surface area contributed by atoms with Gasteiger partial charge in [0.1, 0.15) is 0 Å². The van der Waals surface area contributed by atoms with E-state index >= 15 is 0 Å². The normalized spacial score (nSPS) is 32.8. The van der Waals surface area contributed by atoms with E-state index in [2.05, 4.69) is 35.1 Å². The van der Waals surface area contributed by atoms with Crippen LogP contribution in [0.4, 0.5) is 0 Å². The van der Waals surface area contributed by atoms with Gasteiger partial charge in [0.2, 0.25) is 0 Å². The van der Waals surface area contributed by atoms with Gasteiger partial charge in [-0.05, 0) is 43.1 Å². The van der Waals surface area contributed by atoms with Crippen molar-refractivity contribution in [3.63, 3.8) is 0 Å². The van der Waals surface area contributed by atoms with E-state index in [0.717, 1.165) is 25.7 Å². The second-order valence-electron chi connectivity index (χ2n) is 6.06. The summed E-state index contributed by atoms with van der Waals surface area (Å²) in [7, 11) is 0. The molecular weight excluding hydrogens is 252 g/mol. The third kappa shape index (κ3) is 2.86. The summed E-state index contributed by atoms with van der Waals surface area (Å²) >= 11 is 0. The van der Waals surface area contributed by atoms with Crippen LogP contribution in [-0.4, -0.2) is 17.1 Å². The first-order valence-corrected chi connectivity index (χ1v) is 7.52. The van der Waals surface area contributed by atoms with Gasteiger partial charge in [-0.1, -0.05) is 30.3 Å². The van der Waals surface area contributed by atoms with Crippen LogP contribution in [-0.2, 0) is 4.79 Å². The summed E-state index contributed by atoms with van der Waals surface area (Å²) in [4.78, 5) is 10.7. The minimum atomic E-state index is -0.672. The van der Waals surface area contributed by atoms with Crippen LogP contribution >= 0.6 is 0 Å². The van der Waals surface area contributed by atoms with E-state index in [4.69, 9.17) is 5.11 Å². The highest BCUT2D eigenvalue weighted by atomic mass is 16.4. The molecule has 20 heavy (non-hydrogen) atoms. The number of hydrogen-bond acceptors (Lipinski definition) is 3. The lowest BCUT2D eigenvalue weighted by Crippen LogP contribution is -2.35. The van der Waals surface area contributed by atoms with E-state index in [-0.39, 0.29) is 0 Å². The Bertz CT molecular complexity index is 463. The third-order valence-electron chi connectivity index (χ3n) is 4.79. The van der Waals surface area contributed by atoms with Gasteiger partial charge in [-0.15, -0.1) is 0 Å². The molecule has 4 atom stereocenters. The van der Waals surface area contributed by atoms with Crippen LogP contribution in [0.2, 0.25) is 0 Å². The van der Waals surface area contributed by atoms with Crippen molar-refractivity contribution in [2.24, 2.45) is 11.8 Å². The molecule has 1 heterocycles. The van der Waals surface area contributed by atoms with Crippen molar-refractivity contribution >= 4 is 5.97 Å². The van der Waals surface area contributed by atoms with Crippen molar-refractivity contribution in [1.29, 1.82) is 0 Å². The molecule has 108 valence electrons. The van der Waals surface area contributed by atoms with E-state index < -0.39 is 5.97 Å². The van der Waals surface area contributed by atoms with E-state index in [1.54, 1.807) is 0 Å². The lowest BCUT2D eigenvalue weighted by molar-refractivity contribution is -0.137. The van der Waals surface area contributed by atoms with Crippen LogP contribution in [0.25, 0.3) is 0 Å². The van der Waals surface area contributed by atoms with Gasteiger partial charge in [-0.2, -0.15) is 0 Å². The van der Waals surface area contributed by atoms with Crippen molar-refractivity contribution in [3.05, 3.63) is 35.9 Å². The van der Waals surface area contributed by atoms with E-state index in [1.807, 2.05) is 6.07 Å². The maximum Gasteiger partial charge on any atom is 0.303 e. The molecule has 0 spiro atoms. The standard InChI is InChI=1S/C16H22N2O2/c19-15(20)9-7-11-6-8-14-13(10-11)16(18-17-14)12-4-2-1-3-5-12/h1-5,11,13-14,16-18H,6-10H2,(H,19,20). The zero-order valence-corrected chi connectivity index (χ0v) is 11.6. The largest absolute Gasteiger partial charge is 0.481 e. The fourth-order valence-corrected chi connectivity index (χ4v) is 3.73. The third-order valence-corrected chi connectivity index (χ3v) is 4.79. The summed E-state index contributed by atoms with van der Waals surface area (Å²) in [6, 6.07) is 11.4. The van der Waals surface area contributed by atoms with E-state index in [0.29, 0.717) is 30.3 Å². The Morgan fingerprint density at radius 3 is 2.75 bits per heavy atom. The first kappa shape index (κ1) is 13.6. The van der Waals surface area contributed by atoms with Gasteiger partial charge in [0, 0.05) is 12.5 Å². The number of rotatable bonds is 4. The molecule has 1 aliphatic heterocycles. The topological polar surface area (TPSA) is 61.4 Å². The SMILES string of the molecule is O=C(O)CCC1CCC2NNC(c3ccccc3)C2C1. The molecule has 4 heteroatoms. The average Bonchev–Trinajstić information content (AvgIpc) is 2.89. The predicted molar refractivity (Wildman–Crippen MR) is 76.9 cm³/mol. The average molecular weight is 274 g/mol. The van der Waals surface area contributed by atoms with Crippen LogP contribution in [0.5, 0.6) is 0 Å². The zero-order valence-electron chi connectivity index (χ0n) is 11.6. The molecule has 0 radical (unpaired) electrons. The molecular formula is C16H22N2O2. The molecule has 4 nitrogen and oxygen atoms in total. The first-order chi connectivity index (χ1) is 9.74. The van der Waals surface area contributed by atoms with E-state index in [1.165, 1.54) is 5.56 Å². The molecule has 0 aromatic heterocycles. The Kier molecular flexibility index (Phi) is 4.03. The first-order valence-electron chi connectivity index (χ1n) is 7.52. The minimum absolute atomic E-state index is 0.304. The highest BCUT2D eigenvalue weighted by molar-refractivity contribution is 5.66. The number of hydrazine groups is 1. The molecule has 3 rings (SSSR count). The summed E-state index contributed by atoms with van der Waals surface area (Å²) in [6.07, 6.45) is 4.53. The number of carboxylic acid groups (broad SMARTS) is 1. The highest BCUT2D eigenvalue weighted by Crippen LogP contribution is 2.41. The second kappa shape index (κ2) is 5.94. The Morgan fingerprint density at radius 2 is 2.00 bits per heavy atom. The summed E-state index contributed by atoms with van der Waals surface area (Å²) < 4.78 is 0. The quantitative estimate of drug-likeness (QED) is 0.789. The monoisotopic (exact) mass is 274 g/mol. The maximum absolute atomic E-state index is 10.7. The van der Waals surface area contributed by atoms with Crippen molar-refractivity contribution in [3.8, 4) is 0 Å². The molecule has 0 bridgehead atoms. The Labute approximate surface area is 119 Å². The number of nitrogens with one attached hydrogen (secondary N) is 2. The maximum atomic E-state index is 10.7. The molecule has 1 aromatic rings. The fourth-order valence-electron chi connectivity index (χ4n) is 3.73. The number of carboxylic acids is 1. The van der Waals surface area contributed by atoms with E-state index in [9.17, 15) is 4.79 Å². The van der Waals surface area contributed by atoms with Crippen LogP contribution < -0.4 is 10.9 Å². The van der Waals surface area contributed by atoms with Crippen LogP contribution in [0.15, 0.2) is 30.3 Å². The number of carbonyl (C=O) groups is 1. The second-order valence-corrected chi connectivity index (χ2v) is 6.06. The van der Waals surface area contributed by atoms with Crippen molar-refractivity contribution in [2.45, 2.75) is 44.2 Å². The molecule has 1 saturated carbocycles. The Balaban J connectivity index is 1.66. The molecule has 2 aliphatic rings. The van der Waals surface area contributed by atoms with Gasteiger partial charge < -0.3 is 5.11 Å². The molecule has 0 amide bonds. The van der Waals surface area contributed by atoms with Crippen LogP contribution in [0.1, 0.15) is 43.7 Å². The van der Waals surface area contributed by atoms with Crippen molar-refractivity contribution in [2.75, 3.05) is 0 Å². The molecule has 2 fully saturated rings. The van der Waals surface area contributed by atoms with Gasteiger partial charge in [0.25, 0.3) is 0 Å². The van der Waals surface area contributed by atoms with Crippen LogP contribution in [0.3, 0.4) is 0 Å². The Morgan fingerprint density at radius 1 is 1.20 bits per heavy atom. The highest BCUT2D eigenvalue weighted by Gasteiger charge is 2.40. The number of benzene rings is 1. The molecule has 3 N–H and O–H groups in total. The fraction of sp³-hybridized carbons (Fsp3) is 0.562. The summed E-state index contributed by atoms with van der Waals surface area (Å²) in [5.41, 5.74) is 8.19. The minimum Gasteiger partial charge on any atom is -0.481 e. The van der Waals surface area contributed by atoms with Crippen molar-refractivity contribution in [1.82, 2.24) is 10.9 Å². The van der Waals surface area contributed by atoms with Gasteiger partial charge in [-0.25, -0.2) is 5.43 Å². The lowest BCUT2D eigenvalue weighted by atomic mass is 9.73. The molecule has 1 aromatic carbocycles. The summed E-state index contributed by atoms with van der Waals surface area (Å²) in [5.74, 6) is 0.458. The summed E-state index contributed by atoms with van der Waals surface area (Å²) in [6.45, 7) is 0. The van der Waals surface area contributed by atoms with Crippen LogP contribution in [0, 0.1) is 11.8 Å². The van der Waals surface area contributed by atoms with Crippen molar-refractivity contribution < 1.29 is 9.90 Å². The molecule has 1 saturated heterocycles. The number of fused-ring (bicyclic) bond motifs is 1. The van der Waals surface area contributed by atoms with Gasteiger partial charge in [0.05, 0.1) is 6.04 Å². The summed E-state index contributed by atoms with van der Waals surface area (Å²) in [5, 5.41) is 8.84. The number of hydrogen-bond donors (Lipinski definition) is 3. The zero-order chi connectivity index (χ0) is 13.9. The molecule has 4 unspecified atom stereocenters. The molecule has 1 aliphatic carbocycles. The van der Waals surface area contributed by atoms with Gasteiger partial charge >= 0.3 is 5.97 Å².